The third-order valence-corrected chi connectivity index (χ3v) is 3.31. The van der Waals surface area contributed by atoms with Gasteiger partial charge in [0.25, 0.3) is 0 Å². The zero-order valence-corrected chi connectivity index (χ0v) is 10.5. The number of hydrogen-bond acceptors (Lipinski definition) is 4. The van der Waals surface area contributed by atoms with Gasteiger partial charge in [-0.1, -0.05) is 12.5 Å². The second-order valence-corrected chi connectivity index (χ2v) is 4.53. The van der Waals surface area contributed by atoms with Gasteiger partial charge in [0.15, 0.2) is 0 Å². The van der Waals surface area contributed by atoms with Crippen molar-refractivity contribution in [3.63, 3.8) is 0 Å². The third kappa shape index (κ3) is 2.79. The summed E-state index contributed by atoms with van der Waals surface area (Å²) in [7, 11) is 1.85. The fourth-order valence-corrected chi connectivity index (χ4v) is 2.41. The van der Waals surface area contributed by atoms with Crippen LogP contribution in [0.1, 0.15) is 43.9 Å². The van der Waals surface area contributed by atoms with Crippen LogP contribution in [-0.2, 0) is 0 Å². The van der Waals surface area contributed by atoms with Crippen molar-refractivity contribution in [3.8, 4) is 0 Å². The molecule has 0 radical (unpaired) electrons. The van der Waals surface area contributed by atoms with E-state index in [2.05, 4.69) is 11.4 Å². The Balaban J connectivity index is 2.20. The van der Waals surface area contributed by atoms with Gasteiger partial charge in [-0.2, -0.15) is 0 Å². The predicted octanol–water partition coefficient (Wildman–Crippen LogP) is 3.34. The maximum absolute atomic E-state index is 10.6. The molecule has 0 spiro atoms. The van der Waals surface area contributed by atoms with E-state index in [1.165, 1.54) is 30.9 Å². The van der Waals surface area contributed by atoms with E-state index in [1.807, 2.05) is 7.05 Å². The van der Waals surface area contributed by atoms with Gasteiger partial charge in [0.1, 0.15) is 10.7 Å². The molecule has 0 aliphatic heterocycles. The SMILES string of the molecule is CNC(C1=CCCCCC1)c1ccc([N+](=O)[O-])o1. The Morgan fingerprint density at radius 3 is 2.89 bits per heavy atom. The van der Waals surface area contributed by atoms with Crippen LogP contribution < -0.4 is 5.32 Å². The molecule has 0 aromatic carbocycles. The Morgan fingerprint density at radius 1 is 1.39 bits per heavy atom. The fraction of sp³-hybridized carbons (Fsp3) is 0.538. The van der Waals surface area contributed by atoms with Gasteiger partial charge in [0.05, 0.1) is 12.1 Å². The molecule has 1 atom stereocenters. The first kappa shape index (κ1) is 12.8. The van der Waals surface area contributed by atoms with Crippen molar-refractivity contribution in [1.29, 1.82) is 0 Å². The lowest BCUT2D eigenvalue weighted by Crippen LogP contribution is -2.18. The molecule has 2 rings (SSSR count). The van der Waals surface area contributed by atoms with E-state index in [1.54, 1.807) is 6.07 Å². The zero-order chi connectivity index (χ0) is 13.0. The van der Waals surface area contributed by atoms with Crippen LogP contribution >= 0.6 is 0 Å². The molecular weight excluding hydrogens is 232 g/mol. The topological polar surface area (TPSA) is 68.3 Å². The first-order valence-corrected chi connectivity index (χ1v) is 6.32. The Bertz CT molecular complexity index is 451. The van der Waals surface area contributed by atoms with Crippen molar-refractivity contribution in [2.45, 2.75) is 38.1 Å². The van der Waals surface area contributed by atoms with E-state index >= 15 is 0 Å². The standard InChI is InChI=1S/C13H18N2O3/c1-14-13(10-6-4-2-3-5-7-10)11-8-9-12(18-11)15(16)17/h6,8-9,13-14H,2-5,7H2,1H3. The number of rotatable bonds is 4. The quantitative estimate of drug-likeness (QED) is 0.505. The maximum Gasteiger partial charge on any atom is 0.433 e. The Hall–Kier alpha value is -1.62. The lowest BCUT2D eigenvalue weighted by Gasteiger charge is -2.16. The van der Waals surface area contributed by atoms with E-state index < -0.39 is 4.92 Å². The Kier molecular flexibility index (Phi) is 4.15. The number of nitrogens with zero attached hydrogens (tertiary/aromatic N) is 1. The molecule has 0 saturated heterocycles. The molecule has 1 heterocycles. The number of likely N-dealkylation sites (N-methyl/N-ethyl adjacent to an activating group) is 1. The average Bonchev–Trinajstić information content (AvgIpc) is 2.68. The van der Waals surface area contributed by atoms with Crippen LogP contribution in [0.3, 0.4) is 0 Å². The molecule has 5 heteroatoms. The number of hydrogen-bond donors (Lipinski definition) is 1. The van der Waals surface area contributed by atoms with Crippen LogP contribution in [0.5, 0.6) is 0 Å². The molecule has 1 aliphatic rings. The van der Waals surface area contributed by atoms with Crippen molar-refractivity contribution < 1.29 is 9.34 Å². The van der Waals surface area contributed by atoms with Crippen LogP contribution in [-0.4, -0.2) is 12.0 Å². The molecule has 18 heavy (non-hydrogen) atoms. The number of nitro groups is 1. The Morgan fingerprint density at radius 2 is 2.22 bits per heavy atom. The summed E-state index contributed by atoms with van der Waals surface area (Å²) in [4.78, 5) is 10.1. The molecule has 5 nitrogen and oxygen atoms in total. The highest BCUT2D eigenvalue weighted by atomic mass is 16.6. The minimum Gasteiger partial charge on any atom is -0.404 e. The predicted molar refractivity (Wildman–Crippen MR) is 68.3 cm³/mol. The first-order chi connectivity index (χ1) is 8.72. The summed E-state index contributed by atoms with van der Waals surface area (Å²) in [6.45, 7) is 0. The van der Waals surface area contributed by atoms with Crippen LogP contribution in [0.4, 0.5) is 5.88 Å². The zero-order valence-electron chi connectivity index (χ0n) is 10.5. The number of nitrogens with one attached hydrogen (secondary N) is 1. The summed E-state index contributed by atoms with van der Waals surface area (Å²) >= 11 is 0. The third-order valence-electron chi connectivity index (χ3n) is 3.31. The smallest absolute Gasteiger partial charge is 0.404 e. The van der Waals surface area contributed by atoms with Gasteiger partial charge in [0.2, 0.25) is 0 Å². The molecule has 98 valence electrons. The number of furan rings is 1. The summed E-state index contributed by atoms with van der Waals surface area (Å²) in [6.07, 6.45) is 7.98. The minimum atomic E-state index is -0.502. The molecule has 0 amide bonds. The maximum atomic E-state index is 10.6. The summed E-state index contributed by atoms with van der Waals surface area (Å²) in [5, 5.41) is 13.8. The molecule has 0 saturated carbocycles. The normalized spacial score (nSPS) is 17.9. The van der Waals surface area contributed by atoms with Gasteiger partial charge in [-0.15, -0.1) is 0 Å². The van der Waals surface area contributed by atoms with Gasteiger partial charge in [0, 0.05) is 0 Å². The number of allylic oxidation sites excluding steroid dienone is 1. The first-order valence-electron chi connectivity index (χ1n) is 6.32. The van der Waals surface area contributed by atoms with Crippen LogP contribution in [0, 0.1) is 10.1 Å². The monoisotopic (exact) mass is 250 g/mol. The van der Waals surface area contributed by atoms with E-state index in [-0.39, 0.29) is 11.9 Å². The molecule has 1 aromatic rings. The molecule has 1 aromatic heterocycles. The van der Waals surface area contributed by atoms with Gasteiger partial charge >= 0.3 is 5.88 Å². The van der Waals surface area contributed by atoms with Gasteiger partial charge in [-0.05, 0) is 44.4 Å². The fourth-order valence-electron chi connectivity index (χ4n) is 2.41. The highest BCUT2D eigenvalue weighted by Gasteiger charge is 2.22. The lowest BCUT2D eigenvalue weighted by atomic mass is 10.0. The summed E-state index contributed by atoms with van der Waals surface area (Å²) in [5.41, 5.74) is 1.28. The Labute approximate surface area is 106 Å². The molecule has 1 unspecified atom stereocenters. The van der Waals surface area contributed by atoms with Gasteiger partial charge in [-0.25, -0.2) is 0 Å². The van der Waals surface area contributed by atoms with Crippen molar-refractivity contribution in [1.82, 2.24) is 5.32 Å². The van der Waals surface area contributed by atoms with Gasteiger partial charge < -0.3 is 9.73 Å². The van der Waals surface area contributed by atoms with E-state index in [4.69, 9.17) is 4.42 Å². The van der Waals surface area contributed by atoms with Crippen molar-refractivity contribution in [2.24, 2.45) is 0 Å². The summed E-state index contributed by atoms with van der Waals surface area (Å²) in [6, 6.07) is 3.05. The van der Waals surface area contributed by atoms with E-state index in [9.17, 15) is 10.1 Å². The van der Waals surface area contributed by atoms with Crippen molar-refractivity contribution >= 4 is 5.88 Å². The highest BCUT2D eigenvalue weighted by Crippen LogP contribution is 2.31. The van der Waals surface area contributed by atoms with Crippen LogP contribution in [0.15, 0.2) is 28.2 Å². The van der Waals surface area contributed by atoms with Crippen LogP contribution in [0.2, 0.25) is 0 Å². The molecule has 1 aliphatic carbocycles. The molecule has 0 bridgehead atoms. The lowest BCUT2D eigenvalue weighted by molar-refractivity contribution is -0.402. The molecule has 1 N–H and O–H groups in total. The summed E-state index contributed by atoms with van der Waals surface area (Å²) < 4.78 is 5.29. The second kappa shape index (κ2) is 5.82. The van der Waals surface area contributed by atoms with E-state index in [0.717, 1.165) is 12.8 Å². The largest absolute Gasteiger partial charge is 0.433 e. The average molecular weight is 250 g/mol. The minimum absolute atomic E-state index is 0.0446. The second-order valence-electron chi connectivity index (χ2n) is 4.53. The summed E-state index contributed by atoms with van der Waals surface area (Å²) in [5.74, 6) is 0.428. The van der Waals surface area contributed by atoms with Crippen LogP contribution in [0.25, 0.3) is 0 Å². The molecular formula is C13H18N2O3. The van der Waals surface area contributed by atoms with E-state index in [0.29, 0.717) is 5.76 Å². The van der Waals surface area contributed by atoms with Crippen molar-refractivity contribution in [3.05, 3.63) is 39.7 Å². The highest BCUT2D eigenvalue weighted by molar-refractivity contribution is 5.26. The van der Waals surface area contributed by atoms with Crippen molar-refractivity contribution in [2.75, 3.05) is 7.05 Å². The van der Waals surface area contributed by atoms with Gasteiger partial charge in [-0.3, -0.25) is 10.1 Å². The molecule has 0 fully saturated rings.